The minimum Gasteiger partial charge on any atom is -0.276 e. The van der Waals surface area contributed by atoms with E-state index in [0.717, 1.165) is 0 Å². The lowest BCUT2D eigenvalue weighted by molar-refractivity contribution is 1.38. The average Bonchev–Trinajstić information content (AvgIpc) is 2.69. The maximum absolute atomic E-state index is 3.61. The summed E-state index contributed by atoms with van der Waals surface area (Å²) in [7, 11) is 0. The van der Waals surface area contributed by atoms with Gasteiger partial charge in [0.2, 0.25) is 0 Å². The molecule has 0 atom stereocenters. The molecule has 1 nitrogen and oxygen atoms in total. The highest BCUT2D eigenvalue weighted by molar-refractivity contribution is 9.08. The van der Waals surface area contributed by atoms with E-state index in [1.54, 1.807) is 0 Å². The first-order chi connectivity index (χ1) is 7.86. The SMILES string of the molecule is Brn1c(-c2ccccc2)cc2ccccc21. The molecule has 2 aromatic carbocycles. The number of hydrogen-bond acceptors (Lipinski definition) is 0. The summed E-state index contributed by atoms with van der Waals surface area (Å²) in [5, 5.41) is 1.25. The van der Waals surface area contributed by atoms with E-state index in [1.807, 2.05) is 6.07 Å². The highest BCUT2D eigenvalue weighted by Crippen LogP contribution is 2.29. The van der Waals surface area contributed by atoms with Crippen LogP contribution >= 0.6 is 16.1 Å². The van der Waals surface area contributed by atoms with Gasteiger partial charge in [-0.3, -0.25) is 3.59 Å². The minimum atomic E-state index is 1.18. The molecule has 0 unspecified atom stereocenters. The predicted octanol–water partition coefficient (Wildman–Crippen LogP) is 4.47. The molecule has 3 rings (SSSR count). The van der Waals surface area contributed by atoms with Crippen LogP contribution in [0.25, 0.3) is 22.2 Å². The van der Waals surface area contributed by atoms with Gasteiger partial charge in [0, 0.05) is 5.39 Å². The molecule has 0 fully saturated rings. The van der Waals surface area contributed by atoms with Gasteiger partial charge in [-0.25, -0.2) is 0 Å². The van der Waals surface area contributed by atoms with Gasteiger partial charge in [-0.05, 0) is 17.7 Å². The predicted molar refractivity (Wildman–Crippen MR) is 71.7 cm³/mol. The highest BCUT2D eigenvalue weighted by Gasteiger charge is 2.07. The first-order valence-electron chi connectivity index (χ1n) is 5.18. The van der Waals surface area contributed by atoms with Gasteiger partial charge in [0.05, 0.1) is 27.4 Å². The number of benzene rings is 2. The minimum absolute atomic E-state index is 1.18. The van der Waals surface area contributed by atoms with Crippen molar-refractivity contribution in [3.05, 3.63) is 60.7 Å². The number of aromatic nitrogens is 1. The van der Waals surface area contributed by atoms with Gasteiger partial charge in [-0.15, -0.1) is 0 Å². The molecule has 16 heavy (non-hydrogen) atoms. The normalized spacial score (nSPS) is 10.8. The Labute approximate surface area is 103 Å². The summed E-state index contributed by atoms with van der Waals surface area (Å²) in [5.74, 6) is 0. The van der Waals surface area contributed by atoms with Crippen LogP contribution in [0.1, 0.15) is 0 Å². The monoisotopic (exact) mass is 271 g/mol. The summed E-state index contributed by atoms with van der Waals surface area (Å²) in [6, 6.07) is 20.9. The average molecular weight is 272 g/mol. The number of rotatable bonds is 1. The molecule has 0 N–H and O–H groups in total. The summed E-state index contributed by atoms with van der Waals surface area (Å²) < 4.78 is 2.05. The van der Waals surface area contributed by atoms with E-state index in [9.17, 15) is 0 Å². The van der Waals surface area contributed by atoms with Crippen LogP contribution in [0.15, 0.2) is 60.7 Å². The smallest absolute Gasteiger partial charge is 0.0604 e. The highest BCUT2D eigenvalue weighted by atomic mass is 79.9. The number of fused-ring (bicyclic) bond motifs is 1. The molecule has 0 amide bonds. The summed E-state index contributed by atoms with van der Waals surface area (Å²) in [6.45, 7) is 0. The zero-order valence-corrected chi connectivity index (χ0v) is 10.2. The Balaban J connectivity index is 2.29. The molecule has 0 saturated carbocycles. The van der Waals surface area contributed by atoms with Crippen LogP contribution in [0.3, 0.4) is 0 Å². The molecule has 78 valence electrons. The Morgan fingerprint density at radius 2 is 1.50 bits per heavy atom. The van der Waals surface area contributed by atoms with E-state index in [4.69, 9.17) is 0 Å². The Morgan fingerprint density at radius 1 is 0.812 bits per heavy atom. The molecule has 0 saturated heterocycles. The van der Waals surface area contributed by atoms with Gasteiger partial charge < -0.3 is 0 Å². The Morgan fingerprint density at radius 3 is 2.25 bits per heavy atom. The molecule has 1 aromatic heterocycles. The van der Waals surface area contributed by atoms with Crippen molar-refractivity contribution in [2.45, 2.75) is 0 Å². The summed E-state index contributed by atoms with van der Waals surface area (Å²) in [6.07, 6.45) is 0. The van der Waals surface area contributed by atoms with Gasteiger partial charge in [0.15, 0.2) is 0 Å². The van der Waals surface area contributed by atoms with Crippen LogP contribution in [-0.4, -0.2) is 3.59 Å². The van der Waals surface area contributed by atoms with Crippen LogP contribution in [0, 0.1) is 0 Å². The molecule has 3 aromatic rings. The quantitative estimate of drug-likeness (QED) is 0.616. The van der Waals surface area contributed by atoms with Crippen molar-refractivity contribution >= 4 is 27.1 Å². The third kappa shape index (κ3) is 1.46. The number of halogens is 1. The van der Waals surface area contributed by atoms with Gasteiger partial charge in [-0.1, -0.05) is 48.5 Å². The Bertz CT molecular complexity index is 626. The van der Waals surface area contributed by atoms with E-state index in [0.29, 0.717) is 0 Å². The lowest BCUT2D eigenvalue weighted by atomic mass is 10.1. The molecule has 0 bridgehead atoms. The van der Waals surface area contributed by atoms with Crippen molar-refractivity contribution in [3.63, 3.8) is 0 Å². The van der Waals surface area contributed by atoms with E-state index >= 15 is 0 Å². The third-order valence-electron chi connectivity index (χ3n) is 2.72. The van der Waals surface area contributed by atoms with Crippen LogP contribution < -0.4 is 0 Å². The maximum Gasteiger partial charge on any atom is 0.0604 e. The Kier molecular flexibility index (Phi) is 2.29. The van der Waals surface area contributed by atoms with Crippen molar-refractivity contribution in [2.24, 2.45) is 0 Å². The van der Waals surface area contributed by atoms with Crippen molar-refractivity contribution in [1.82, 2.24) is 3.59 Å². The number of nitrogens with zero attached hydrogens (tertiary/aromatic N) is 1. The molecule has 1 heterocycles. The van der Waals surface area contributed by atoms with Crippen LogP contribution in [0.4, 0.5) is 0 Å². The zero-order chi connectivity index (χ0) is 11.0. The largest absolute Gasteiger partial charge is 0.276 e. The topological polar surface area (TPSA) is 4.93 Å². The second-order valence-corrected chi connectivity index (χ2v) is 4.44. The number of hydrogen-bond donors (Lipinski definition) is 0. The van der Waals surface area contributed by atoms with Crippen molar-refractivity contribution in [2.75, 3.05) is 0 Å². The number of para-hydroxylation sites is 1. The van der Waals surface area contributed by atoms with Gasteiger partial charge in [0.25, 0.3) is 0 Å². The standard InChI is InChI=1S/C14H10BrN/c15-16-13-9-5-4-8-12(13)10-14(16)11-6-2-1-3-7-11/h1-10H. The second kappa shape index (κ2) is 3.80. The summed E-state index contributed by atoms with van der Waals surface area (Å²) >= 11 is 3.61. The van der Waals surface area contributed by atoms with Crippen molar-refractivity contribution in [1.29, 1.82) is 0 Å². The van der Waals surface area contributed by atoms with Crippen LogP contribution in [0.5, 0.6) is 0 Å². The lowest BCUT2D eigenvalue weighted by Crippen LogP contribution is -1.83. The van der Waals surface area contributed by atoms with Crippen molar-refractivity contribution in [3.8, 4) is 11.3 Å². The fraction of sp³-hybridized carbons (Fsp3) is 0. The van der Waals surface area contributed by atoms with E-state index in [1.165, 1.54) is 22.2 Å². The molecule has 0 aliphatic rings. The first-order valence-corrected chi connectivity index (χ1v) is 5.89. The summed E-state index contributed by atoms with van der Waals surface area (Å²) in [5.41, 5.74) is 3.60. The molecule has 0 aliphatic carbocycles. The molecule has 2 heteroatoms. The maximum atomic E-state index is 3.61. The fourth-order valence-corrected chi connectivity index (χ4v) is 2.56. The molecule has 0 radical (unpaired) electrons. The Hall–Kier alpha value is -1.54. The molecule has 0 aliphatic heterocycles. The van der Waals surface area contributed by atoms with E-state index < -0.39 is 0 Å². The van der Waals surface area contributed by atoms with E-state index in [-0.39, 0.29) is 0 Å². The van der Waals surface area contributed by atoms with Gasteiger partial charge >= 0.3 is 0 Å². The molecular formula is C14H10BrN. The fourth-order valence-electron chi connectivity index (χ4n) is 1.93. The van der Waals surface area contributed by atoms with Gasteiger partial charge in [0.1, 0.15) is 0 Å². The van der Waals surface area contributed by atoms with E-state index in [2.05, 4.69) is 74.3 Å². The molecule has 0 spiro atoms. The van der Waals surface area contributed by atoms with Crippen LogP contribution in [0.2, 0.25) is 0 Å². The second-order valence-electron chi connectivity index (χ2n) is 3.74. The van der Waals surface area contributed by atoms with Crippen molar-refractivity contribution < 1.29 is 0 Å². The zero-order valence-electron chi connectivity index (χ0n) is 8.60. The first kappa shape index (κ1) is 9.67. The van der Waals surface area contributed by atoms with Crippen LogP contribution in [-0.2, 0) is 0 Å². The lowest BCUT2D eigenvalue weighted by Gasteiger charge is -2.01. The third-order valence-corrected chi connectivity index (χ3v) is 3.49. The van der Waals surface area contributed by atoms with Gasteiger partial charge in [-0.2, -0.15) is 0 Å². The summed E-state index contributed by atoms with van der Waals surface area (Å²) in [4.78, 5) is 0. The molecular weight excluding hydrogens is 262 g/mol.